The predicted molar refractivity (Wildman–Crippen MR) is 61.3 cm³/mol. The normalized spacial score (nSPS) is 10.6. The first-order valence-electron chi connectivity index (χ1n) is 5.12. The first-order chi connectivity index (χ1) is 7.77. The molecule has 16 heavy (non-hydrogen) atoms. The van der Waals surface area contributed by atoms with Crippen molar-refractivity contribution >= 4 is 12.0 Å². The van der Waals surface area contributed by atoms with E-state index in [9.17, 15) is 4.79 Å². The third kappa shape index (κ3) is 3.58. The van der Waals surface area contributed by atoms with Gasteiger partial charge in [-0.15, -0.1) is 0 Å². The largest absolute Gasteiger partial charge is 0.462 e. The van der Waals surface area contributed by atoms with Crippen molar-refractivity contribution in [1.82, 2.24) is 0 Å². The standard InChI is InChI=1S/C13H13NO2/c1-2-8-16-13(15)12(10-14)9-11-6-4-3-5-7-11/h3-7,9H,2,8H2,1H3/b12-9-. The van der Waals surface area contributed by atoms with Crippen LogP contribution in [0.1, 0.15) is 18.9 Å². The van der Waals surface area contributed by atoms with Crippen LogP contribution >= 0.6 is 0 Å². The van der Waals surface area contributed by atoms with Crippen LogP contribution in [0.3, 0.4) is 0 Å². The van der Waals surface area contributed by atoms with Crippen molar-refractivity contribution in [2.24, 2.45) is 0 Å². The molecule has 0 heterocycles. The summed E-state index contributed by atoms with van der Waals surface area (Å²) >= 11 is 0. The van der Waals surface area contributed by atoms with Gasteiger partial charge in [-0.25, -0.2) is 4.79 Å². The number of ether oxygens (including phenoxy) is 1. The molecule has 0 bridgehead atoms. The molecule has 0 radical (unpaired) electrons. The third-order valence-electron chi connectivity index (χ3n) is 1.89. The van der Waals surface area contributed by atoms with Crippen LogP contribution in [-0.4, -0.2) is 12.6 Å². The number of hydrogen-bond acceptors (Lipinski definition) is 3. The molecule has 0 aliphatic rings. The Hall–Kier alpha value is -2.08. The molecule has 1 rings (SSSR count). The SMILES string of the molecule is CCCOC(=O)/C(C#N)=C\c1ccccc1. The van der Waals surface area contributed by atoms with Gasteiger partial charge in [0.05, 0.1) is 6.61 Å². The van der Waals surface area contributed by atoms with Crippen molar-refractivity contribution in [3.63, 3.8) is 0 Å². The van der Waals surface area contributed by atoms with Crippen molar-refractivity contribution in [3.05, 3.63) is 41.5 Å². The molecule has 82 valence electrons. The second-order valence-corrected chi connectivity index (χ2v) is 3.22. The average Bonchev–Trinajstić information content (AvgIpc) is 2.34. The summed E-state index contributed by atoms with van der Waals surface area (Å²) in [6, 6.07) is 11.1. The maximum absolute atomic E-state index is 11.4. The Morgan fingerprint density at radius 1 is 1.44 bits per heavy atom. The highest BCUT2D eigenvalue weighted by Gasteiger charge is 2.09. The highest BCUT2D eigenvalue weighted by atomic mass is 16.5. The van der Waals surface area contributed by atoms with E-state index >= 15 is 0 Å². The van der Waals surface area contributed by atoms with Crippen LogP contribution in [0.5, 0.6) is 0 Å². The summed E-state index contributed by atoms with van der Waals surface area (Å²) in [7, 11) is 0. The molecule has 0 aliphatic carbocycles. The van der Waals surface area contributed by atoms with Gasteiger partial charge in [0.1, 0.15) is 11.6 Å². The monoisotopic (exact) mass is 215 g/mol. The van der Waals surface area contributed by atoms with Gasteiger partial charge < -0.3 is 4.74 Å². The highest BCUT2D eigenvalue weighted by molar-refractivity contribution is 5.97. The number of benzene rings is 1. The Morgan fingerprint density at radius 2 is 2.12 bits per heavy atom. The van der Waals surface area contributed by atoms with Gasteiger partial charge in [-0.3, -0.25) is 0 Å². The van der Waals surface area contributed by atoms with Gasteiger partial charge >= 0.3 is 5.97 Å². The fraction of sp³-hybridized carbons (Fsp3) is 0.231. The zero-order valence-corrected chi connectivity index (χ0v) is 9.14. The van der Waals surface area contributed by atoms with Crippen molar-refractivity contribution in [2.45, 2.75) is 13.3 Å². The van der Waals surface area contributed by atoms with E-state index in [-0.39, 0.29) is 5.57 Å². The molecule has 0 amide bonds. The third-order valence-corrected chi connectivity index (χ3v) is 1.89. The number of nitriles is 1. The molecule has 0 saturated carbocycles. The lowest BCUT2D eigenvalue weighted by molar-refractivity contribution is -0.138. The number of hydrogen-bond donors (Lipinski definition) is 0. The summed E-state index contributed by atoms with van der Waals surface area (Å²) in [5, 5.41) is 8.84. The van der Waals surface area contributed by atoms with Crippen molar-refractivity contribution < 1.29 is 9.53 Å². The molecule has 0 atom stereocenters. The van der Waals surface area contributed by atoms with Crippen LogP contribution in [-0.2, 0) is 9.53 Å². The zero-order chi connectivity index (χ0) is 11.8. The molecule has 0 N–H and O–H groups in total. The topological polar surface area (TPSA) is 50.1 Å². The highest BCUT2D eigenvalue weighted by Crippen LogP contribution is 2.07. The van der Waals surface area contributed by atoms with E-state index in [0.717, 1.165) is 12.0 Å². The van der Waals surface area contributed by atoms with Crippen LogP contribution in [0.4, 0.5) is 0 Å². The minimum atomic E-state index is -0.562. The summed E-state index contributed by atoms with van der Waals surface area (Å²) in [6.07, 6.45) is 2.27. The fourth-order valence-electron chi connectivity index (χ4n) is 1.13. The molecule has 1 aromatic carbocycles. The number of esters is 1. The molecule has 0 saturated heterocycles. The Labute approximate surface area is 95.0 Å². The van der Waals surface area contributed by atoms with Crippen LogP contribution in [0.25, 0.3) is 6.08 Å². The molecular formula is C13H13NO2. The maximum Gasteiger partial charge on any atom is 0.348 e. The van der Waals surface area contributed by atoms with Crippen molar-refractivity contribution in [1.29, 1.82) is 5.26 Å². The zero-order valence-electron chi connectivity index (χ0n) is 9.14. The van der Waals surface area contributed by atoms with E-state index in [0.29, 0.717) is 6.61 Å². The quantitative estimate of drug-likeness (QED) is 0.440. The first-order valence-corrected chi connectivity index (χ1v) is 5.12. The van der Waals surface area contributed by atoms with E-state index in [1.54, 1.807) is 0 Å². The Balaban J connectivity index is 2.79. The Morgan fingerprint density at radius 3 is 2.69 bits per heavy atom. The average molecular weight is 215 g/mol. The van der Waals surface area contributed by atoms with E-state index < -0.39 is 5.97 Å². The minimum absolute atomic E-state index is 0.0275. The van der Waals surface area contributed by atoms with E-state index in [1.807, 2.05) is 43.3 Å². The number of carbonyl (C=O) groups excluding carboxylic acids is 1. The number of nitrogens with zero attached hydrogens (tertiary/aromatic N) is 1. The van der Waals surface area contributed by atoms with Gasteiger partial charge in [0, 0.05) is 0 Å². The van der Waals surface area contributed by atoms with Crippen LogP contribution in [0.15, 0.2) is 35.9 Å². The summed E-state index contributed by atoms with van der Waals surface area (Å²) in [4.78, 5) is 11.4. The molecule has 1 aromatic rings. The first kappa shape index (κ1) is 12.0. The molecule has 3 heteroatoms. The van der Waals surface area contributed by atoms with Crippen molar-refractivity contribution in [2.75, 3.05) is 6.61 Å². The molecule has 0 aliphatic heterocycles. The molecule has 3 nitrogen and oxygen atoms in total. The van der Waals surface area contributed by atoms with E-state index in [1.165, 1.54) is 6.08 Å². The molecule has 0 unspecified atom stereocenters. The van der Waals surface area contributed by atoms with Gasteiger partial charge in [-0.1, -0.05) is 37.3 Å². The van der Waals surface area contributed by atoms with Crippen LogP contribution in [0.2, 0.25) is 0 Å². The molecular weight excluding hydrogens is 202 g/mol. The lowest BCUT2D eigenvalue weighted by atomic mass is 10.1. The predicted octanol–water partition coefficient (Wildman–Crippen LogP) is 2.55. The maximum atomic E-state index is 11.4. The summed E-state index contributed by atoms with van der Waals surface area (Å²) < 4.78 is 4.89. The van der Waals surface area contributed by atoms with Crippen LogP contribution in [0, 0.1) is 11.3 Å². The summed E-state index contributed by atoms with van der Waals surface area (Å²) in [5.74, 6) is -0.562. The molecule has 0 spiro atoms. The second kappa shape index (κ2) is 6.41. The Kier molecular flexibility index (Phi) is 4.81. The van der Waals surface area contributed by atoms with Crippen molar-refractivity contribution in [3.8, 4) is 6.07 Å². The summed E-state index contributed by atoms with van der Waals surface area (Å²) in [5.41, 5.74) is 0.840. The number of rotatable bonds is 4. The minimum Gasteiger partial charge on any atom is -0.462 e. The van der Waals surface area contributed by atoms with Gasteiger partial charge in [0.15, 0.2) is 0 Å². The van der Waals surface area contributed by atoms with E-state index in [2.05, 4.69) is 0 Å². The van der Waals surface area contributed by atoms with Gasteiger partial charge in [-0.2, -0.15) is 5.26 Å². The lowest BCUT2D eigenvalue weighted by Crippen LogP contribution is -2.07. The lowest BCUT2D eigenvalue weighted by Gasteiger charge is -2.01. The Bertz CT molecular complexity index is 415. The number of carbonyl (C=O) groups is 1. The fourth-order valence-corrected chi connectivity index (χ4v) is 1.13. The molecule has 0 aromatic heterocycles. The van der Waals surface area contributed by atoms with Crippen LogP contribution < -0.4 is 0 Å². The summed E-state index contributed by atoms with van der Waals surface area (Å²) in [6.45, 7) is 2.24. The molecule has 0 fully saturated rings. The van der Waals surface area contributed by atoms with E-state index in [4.69, 9.17) is 10.00 Å². The van der Waals surface area contributed by atoms with Gasteiger partial charge in [0.25, 0.3) is 0 Å². The van der Waals surface area contributed by atoms with Gasteiger partial charge in [-0.05, 0) is 18.1 Å². The second-order valence-electron chi connectivity index (χ2n) is 3.22. The van der Waals surface area contributed by atoms with Gasteiger partial charge in [0.2, 0.25) is 0 Å². The smallest absolute Gasteiger partial charge is 0.348 e.